The highest BCUT2D eigenvalue weighted by Gasteiger charge is 2.18. The number of aryl methyl sites for hydroxylation is 2. The molecule has 1 atom stereocenters. The van der Waals surface area contributed by atoms with Gasteiger partial charge in [-0.2, -0.15) is 4.98 Å². The number of carboxylic acid groups (broad SMARTS) is 1. The molecule has 0 saturated carbocycles. The van der Waals surface area contributed by atoms with Gasteiger partial charge in [-0.15, -0.1) is 0 Å². The quantitative estimate of drug-likeness (QED) is 0.228. The van der Waals surface area contributed by atoms with Crippen molar-refractivity contribution in [2.45, 2.75) is 26.9 Å². The number of hydrogen-bond acceptors (Lipinski definition) is 7. The molecule has 2 heterocycles. The SMILES string of the molecule is Cc1cc(-c2nc3cnc(Oc4cccc(-c5cccc6ccccc56)c4)nc3o2)cc(C)c1OC(C)C(=O)O. The van der Waals surface area contributed by atoms with E-state index in [-0.39, 0.29) is 6.01 Å². The van der Waals surface area contributed by atoms with Gasteiger partial charge in [0.25, 0.3) is 5.71 Å². The third kappa shape index (κ3) is 4.82. The molecule has 1 unspecified atom stereocenters. The van der Waals surface area contributed by atoms with Gasteiger partial charge < -0.3 is 19.0 Å². The van der Waals surface area contributed by atoms with E-state index in [9.17, 15) is 9.90 Å². The highest BCUT2D eigenvalue weighted by molar-refractivity contribution is 5.96. The molecule has 6 aromatic rings. The first-order valence-corrected chi connectivity index (χ1v) is 12.8. The molecule has 8 heteroatoms. The molecule has 6 rings (SSSR count). The summed E-state index contributed by atoms with van der Waals surface area (Å²) in [7, 11) is 0. The van der Waals surface area contributed by atoms with Crippen molar-refractivity contribution in [2.24, 2.45) is 0 Å². The lowest BCUT2D eigenvalue weighted by Crippen LogP contribution is -2.23. The Bertz CT molecular complexity index is 1870. The number of carboxylic acids is 1. The summed E-state index contributed by atoms with van der Waals surface area (Å²) in [5.41, 5.74) is 5.17. The molecule has 0 aliphatic rings. The Morgan fingerprint density at radius 3 is 2.45 bits per heavy atom. The van der Waals surface area contributed by atoms with Gasteiger partial charge in [-0.25, -0.2) is 14.8 Å². The number of carbonyl (C=O) groups is 1. The van der Waals surface area contributed by atoms with Gasteiger partial charge in [0.15, 0.2) is 6.10 Å². The molecule has 8 nitrogen and oxygen atoms in total. The minimum absolute atomic E-state index is 0.143. The van der Waals surface area contributed by atoms with Crippen LogP contribution in [0.3, 0.4) is 0 Å². The second kappa shape index (κ2) is 10.1. The van der Waals surface area contributed by atoms with Crippen LogP contribution in [0.15, 0.2) is 89.5 Å². The third-order valence-electron chi connectivity index (χ3n) is 6.62. The number of oxazole rings is 1. The molecule has 0 spiro atoms. The highest BCUT2D eigenvalue weighted by Crippen LogP contribution is 2.34. The molecule has 1 N–H and O–H groups in total. The Morgan fingerprint density at radius 2 is 1.65 bits per heavy atom. The summed E-state index contributed by atoms with van der Waals surface area (Å²) in [5.74, 6) is 0.458. The number of nitrogens with zero attached hydrogens (tertiary/aromatic N) is 3. The topological polar surface area (TPSA) is 108 Å². The van der Waals surface area contributed by atoms with Crippen LogP contribution < -0.4 is 9.47 Å². The maximum absolute atomic E-state index is 11.2. The van der Waals surface area contributed by atoms with Gasteiger partial charge in [0.2, 0.25) is 5.89 Å². The number of fused-ring (bicyclic) bond motifs is 2. The van der Waals surface area contributed by atoms with Crippen LogP contribution in [0.4, 0.5) is 0 Å². The number of aromatic nitrogens is 3. The van der Waals surface area contributed by atoms with Crippen molar-refractivity contribution in [3.63, 3.8) is 0 Å². The van der Waals surface area contributed by atoms with Crippen molar-refractivity contribution >= 4 is 28.0 Å². The van der Waals surface area contributed by atoms with Crippen LogP contribution in [0.25, 0.3) is 44.6 Å². The maximum Gasteiger partial charge on any atom is 0.344 e. The van der Waals surface area contributed by atoms with Crippen molar-refractivity contribution in [2.75, 3.05) is 0 Å². The van der Waals surface area contributed by atoms with Gasteiger partial charge in [-0.05, 0) is 78.1 Å². The Balaban J connectivity index is 1.27. The zero-order valence-electron chi connectivity index (χ0n) is 22.1. The van der Waals surface area contributed by atoms with Crippen LogP contribution in [0.5, 0.6) is 17.5 Å². The first kappa shape index (κ1) is 25.1. The van der Waals surface area contributed by atoms with Crippen molar-refractivity contribution in [3.05, 3.63) is 96.2 Å². The predicted octanol–water partition coefficient (Wildman–Crippen LogP) is 7.37. The molecule has 0 aliphatic heterocycles. The van der Waals surface area contributed by atoms with Crippen LogP contribution in [0.1, 0.15) is 18.1 Å². The average Bonchev–Trinajstić information content (AvgIpc) is 3.38. The first-order valence-electron chi connectivity index (χ1n) is 12.8. The van der Waals surface area contributed by atoms with Gasteiger partial charge in [0.05, 0.1) is 6.20 Å². The van der Waals surface area contributed by atoms with E-state index in [4.69, 9.17) is 13.9 Å². The second-order valence-electron chi connectivity index (χ2n) is 9.56. The zero-order chi connectivity index (χ0) is 27.8. The number of rotatable bonds is 7. The molecule has 0 bridgehead atoms. The Labute approximate surface area is 229 Å². The lowest BCUT2D eigenvalue weighted by atomic mass is 9.98. The maximum atomic E-state index is 11.2. The fraction of sp³-hybridized carbons (Fsp3) is 0.125. The summed E-state index contributed by atoms with van der Waals surface area (Å²) in [6, 6.07) is 26.1. The standard InChI is InChI=1S/C32H25N3O5/c1-18-14-23(15-19(2)28(18)38-20(3)31(36)37)29-34-27-17-33-32(35-30(27)40-29)39-24-11-6-10-22(16-24)26-13-7-9-21-8-4-5-12-25(21)26/h4-17,20H,1-3H3,(H,36,37). The zero-order valence-corrected chi connectivity index (χ0v) is 22.1. The van der Waals surface area contributed by atoms with Crippen molar-refractivity contribution in [3.8, 4) is 40.1 Å². The number of benzene rings is 4. The van der Waals surface area contributed by atoms with Crippen molar-refractivity contribution in [1.29, 1.82) is 0 Å². The van der Waals surface area contributed by atoms with Gasteiger partial charge in [-0.3, -0.25) is 0 Å². The summed E-state index contributed by atoms with van der Waals surface area (Å²) in [6.45, 7) is 5.19. The molecule has 0 radical (unpaired) electrons. The molecule has 198 valence electrons. The normalized spacial score (nSPS) is 12.0. The van der Waals surface area contributed by atoms with E-state index < -0.39 is 12.1 Å². The van der Waals surface area contributed by atoms with Gasteiger partial charge in [0, 0.05) is 5.56 Å². The number of aliphatic carboxylic acids is 1. The van der Waals surface area contributed by atoms with Crippen molar-refractivity contribution < 1.29 is 23.8 Å². The minimum Gasteiger partial charge on any atom is -0.479 e. The van der Waals surface area contributed by atoms with E-state index in [1.54, 1.807) is 6.20 Å². The minimum atomic E-state index is -1.03. The summed E-state index contributed by atoms with van der Waals surface area (Å²) >= 11 is 0. The first-order chi connectivity index (χ1) is 19.4. The summed E-state index contributed by atoms with van der Waals surface area (Å²) in [6.07, 6.45) is 0.597. The van der Waals surface area contributed by atoms with Crippen LogP contribution in [-0.2, 0) is 4.79 Å². The monoisotopic (exact) mass is 531 g/mol. The molecular formula is C32H25N3O5. The Hall–Kier alpha value is -5.24. The molecule has 0 aliphatic carbocycles. The molecule has 0 fully saturated rings. The van der Waals surface area contributed by atoms with E-state index in [1.807, 2.05) is 68.4 Å². The summed E-state index contributed by atoms with van der Waals surface area (Å²) in [5, 5.41) is 11.5. The van der Waals surface area contributed by atoms with Crippen LogP contribution in [0, 0.1) is 13.8 Å². The van der Waals surface area contributed by atoms with Gasteiger partial charge >= 0.3 is 12.0 Å². The van der Waals surface area contributed by atoms with E-state index in [0.29, 0.717) is 34.2 Å². The van der Waals surface area contributed by atoms with Gasteiger partial charge in [-0.1, -0.05) is 54.6 Å². The largest absolute Gasteiger partial charge is 0.479 e. The summed E-state index contributed by atoms with van der Waals surface area (Å²) in [4.78, 5) is 24.5. The lowest BCUT2D eigenvalue weighted by Gasteiger charge is -2.16. The fourth-order valence-electron chi connectivity index (χ4n) is 4.69. The van der Waals surface area contributed by atoms with E-state index in [1.165, 1.54) is 12.3 Å². The second-order valence-corrected chi connectivity index (χ2v) is 9.56. The Morgan fingerprint density at radius 1 is 0.900 bits per heavy atom. The average molecular weight is 532 g/mol. The lowest BCUT2D eigenvalue weighted by molar-refractivity contribution is -0.144. The number of hydrogen-bond donors (Lipinski definition) is 1. The van der Waals surface area contributed by atoms with Crippen molar-refractivity contribution in [1.82, 2.24) is 15.0 Å². The highest BCUT2D eigenvalue weighted by atomic mass is 16.5. The Kier molecular flexibility index (Phi) is 6.36. The van der Waals surface area contributed by atoms with Crippen LogP contribution in [-0.4, -0.2) is 32.1 Å². The van der Waals surface area contributed by atoms with Gasteiger partial charge in [0.1, 0.15) is 17.0 Å². The molecular weight excluding hydrogens is 506 g/mol. The summed E-state index contributed by atoms with van der Waals surface area (Å²) < 4.78 is 17.6. The van der Waals surface area contributed by atoms with E-state index >= 15 is 0 Å². The predicted molar refractivity (Wildman–Crippen MR) is 152 cm³/mol. The third-order valence-corrected chi connectivity index (χ3v) is 6.62. The molecule has 0 amide bonds. The van der Waals surface area contributed by atoms with Crippen LogP contribution >= 0.6 is 0 Å². The van der Waals surface area contributed by atoms with E-state index in [2.05, 4.69) is 39.2 Å². The smallest absolute Gasteiger partial charge is 0.344 e. The van der Waals surface area contributed by atoms with E-state index in [0.717, 1.165) is 27.6 Å². The molecule has 40 heavy (non-hydrogen) atoms. The molecule has 0 saturated heterocycles. The fourth-order valence-corrected chi connectivity index (χ4v) is 4.69. The number of ether oxygens (including phenoxy) is 2. The molecule has 2 aromatic heterocycles. The molecule has 4 aromatic carbocycles. The van der Waals surface area contributed by atoms with Crippen LogP contribution in [0.2, 0.25) is 0 Å².